The van der Waals surface area contributed by atoms with Crippen LogP contribution in [0.4, 0.5) is 0 Å². The molecule has 0 aromatic heterocycles. The highest BCUT2D eigenvalue weighted by Crippen LogP contribution is 2.27. The van der Waals surface area contributed by atoms with Crippen molar-refractivity contribution in [2.24, 2.45) is 5.92 Å². The topological polar surface area (TPSA) is 41.5 Å². The van der Waals surface area contributed by atoms with Crippen molar-refractivity contribution >= 4 is 23.2 Å². The minimum Gasteiger partial charge on any atom is -0.489 e. The first-order valence-corrected chi connectivity index (χ1v) is 7.21. The highest BCUT2D eigenvalue weighted by atomic mass is 35.5. The molecule has 0 spiro atoms. The molecule has 3 nitrogen and oxygen atoms in total. The van der Waals surface area contributed by atoms with Gasteiger partial charge >= 0.3 is 0 Å². The fourth-order valence-corrected chi connectivity index (χ4v) is 1.83. The zero-order valence-corrected chi connectivity index (χ0v) is 12.8. The third-order valence-corrected chi connectivity index (χ3v) is 3.15. The van der Waals surface area contributed by atoms with Gasteiger partial charge < -0.3 is 15.2 Å². The number of nitrogens with one attached hydrogen (secondary N) is 1. The maximum atomic E-state index is 9.77. The number of aliphatic hydroxyl groups is 1. The number of halogens is 2. The summed E-state index contributed by atoms with van der Waals surface area (Å²) in [6.45, 7) is 5.93. The van der Waals surface area contributed by atoms with Gasteiger partial charge in [-0.3, -0.25) is 0 Å². The van der Waals surface area contributed by atoms with Crippen molar-refractivity contribution in [3.63, 3.8) is 0 Å². The Kier molecular flexibility index (Phi) is 7.54. The summed E-state index contributed by atoms with van der Waals surface area (Å²) < 4.78 is 5.45. The summed E-state index contributed by atoms with van der Waals surface area (Å²) in [7, 11) is 0. The van der Waals surface area contributed by atoms with E-state index < -0.39 is 6.10 Å². The van der Waals surface area contributed by atoms with E-state index >= 15 is 0 Å². The zero-order valence-electron chi connectivity index (χ0n) is 11.3. The molecule has 0 heterocycles. The summed E-state index contributed by atoms with van der Waals surface area (Å²) in [5.41, 5.74) is 0. The van der Waals surface area contributed by atoms with Gasteiger partial charge in [-0.05, 0) is 31.0 Å². The van der Waals surface area contributed by atoms with E-state index in [1.165, 1.54) is 0 Å². The number of aliphatic hydroxyl groups excluding tert-OH is 1. The van der Waals surface area contributed by atoms with Gasteiger partial charge in [-0.15, -0.1) is 0 Å². The van der Waals surface area contributed by atoms with Gasteiger partial charge in [0, 0.05) is 17.6 Å². The minimum absolute atomic E-state index is 0.189. The first-order chi connectivity index (χ1) is 8.99. The summed E-state index contributed by atoms with van der Waals surface area (Å²) >= 11 is 11.8. The molecule has 1 atom stereocenters. The van der Waals surface area contributed by atoms with Crippen LogP contribution < -0.4 is 10.1 Å². The van der Waals surface area contributed by atoms with Gasteiger partial charge in [0.1, 0.15) is 18.5 Å². The molecule has 0 bridgehead atoms. The second-order valence-electron chi connectivity index (χ2n) is 4.93. The van der Waals surface area contributed by atoms with Gasteiger partial charge in [-0.2, -0.15) is 0 Å². The molecule has 0 aliphatic heterocycles. The van der Waals surface area contributed by atoms with E-state index in [0.29, 0.717) is 28.3 Å². The van der Waals surface area contributed by atoms with E-state index in [4.69, 9.17) is 27.9 Å². The molecule has 1 unspecified atom stereocenters. The molecular formula is C14H21Cl2NO2. The molecule has 0 aliphatic carbocycles. The third kappa shape index (κ3) is 7.02. The number of rotatable bonds is 8. The summed E-state index contributed by atoms with van der Waals surface area (Å²) in [6.07, 6.45) is 0.524. The van der Waals surface area contributed by atoms with E-state index in [2.05, 4.69) is 19.2 Å². The molecule has 0 saturated carbocycles. The molecule has 19 heavy (non-hydrogen) atoms. The van der Waals surface area contributed by atoms with E-state index in [1.807, 2.05) is 0 Å². The molecule has 5 heteroatoms. The third-order valence-electron chi connectivity index (χ3n) is 2.60. The molecule has 0 aliphatic rings. The SMILES string of the molecule is CC(C)CCNCC(O)COc1cc(Cl)ccc1Cl. The second-order valence-corrected chi connectivity index (χ2v) is 5.77. The molecule has 0 radical (unpaired) electrons. The van der Waals surface area contributed by atoms with Crippen LogP contribution in [0.25, 0.3) is 0 Å². The predicted octanol–water partition coefficient (Wildman–Crippen LogP) is 3.37. The number of hydrogen-bond donors (Lipinski definition) is 2. The Morgan fingerprint density at radius 1 is 1.32 bits per heavy atom. The first kappa shape index (κ1) is 16.6. The lowest BCUT2D eigenvalue weighted by Gasteiger charge is -2.14. The number of hydrogen-bond acceptors (Lipinski definition) is 3. The first-order valence-electron chi connectivity index (χ1n) is 6.45. The van der Waals surface area contributed by atoms with E-state index in [-0.39, 0.29) is 6.61 Å². The Hall–Kier alpha value is -0.480. The van der Waals surface area contributed by atoms with E-state index in [1.54, 1.807) is 18.2 Å². The Labute approximate surface area is 124 Å². The van der Waals surface area contributed by atoms with Gasteiger partial charge in [0.05, 0.1) is 5.02 Å². The monoisotopic (exact) mass is 305 g/mol. The number of benzene rings is 1. The van der Waals surface area contributed by atoms with Gasteiger partial charge in [0.25, 0.3) is 0 Å². The summed E-state index contributed by atoms with van der Waals surface area (Å²) in [6, 6.07) is 5.01. The molecule has 1 rings (SSSR count). The van der Waals surface area contributed by atoms with Crippen molar-refractivity contribution in [3.8, 4) is 5.75 Å². The normalized spacial score (nSPS) is 12.7. The van der Waals surface area contributed by atoms with Gasteiger partial charge in [-0.25, -0.2) is 0 Å². The Bertz CT molecular complexity index is 386. The van der Waals surface area contributed by atoms with Gasteiger partial charge in [0.2, 0.25) is 0 Å². The Balaban J connectivity index is 2.26. The van der Waals surface area contributed by atoms with Crippen molar-refractivity contribution in [2.45, 2.75) is 26.4 Å². The van der Waals surface area contributed by atoms with E-state index in [9.17, 15) is 5.11 Å². The number of ether oxygens (including phenoxy) is 1. The van der Waals surface area contributed by atoms with Crippen LogP contribution in [0.15, 0.2) is 18.2 Å². The molecule has 0 saturated heterocycles. The van der Waals surface area contributed by atoms with Gasteiger partial charge in [-0.1, -0.05) is 37.0 Å². The van der Waals surface area contributed by atoms with Crippen LogP contribution >= 0.6 is 23.2 Å². The molecule has 108 valence electrons. The quantitative estimate of drug-likeness (QED) is 0.724. The molecule has 1 aromatic rings. The summed E-state index contributed by atoms with van der Waals surface area (Å²) in [5, 5.41) is 14.0. The highest BCUT2D eigenvalue weighted by Gasteiger charge is 2.08. The van der Waals surface area contributed by atoms with Crippen LogP contribution in [0.2, 0.25) is 10.0 Å². The predicted molar refractivity (Wildman–Crippen MR) is 80.3 cm³/mol. The van der Waals surface area contributed by atoms with Crippen molar-refractivity contribution < 1.29 is 9.84 Å². The largest absolute Gasteiger partial charge is 0.489 e. The summed E-state index contributed by atoms with van der Waals surface area (Å²) in [4.78, 5) is 0. The van der Waals surface area contributed by atoms with Crippen LogP contribution in [-0.4, -0.2) is 30.9 Å². The Morgan fingerprint density at radius 2 is 2.05 bits per heavy atom. The maximum absolute atomic E-state index is 9.77. The zero-order chi connectivity index (χ0) is 14.3. The highest BCUT2D eigenvalue weighted by molar-refractivity contribution is 6.34. The molecule has 1 aromatic carbocycles. The smallest absolute Gasteiger partial charge is 0.139 e. The van der Waals surface area contributed by atoms with Crippen LogP contribution in [0.1, 0.15) is 20.3 Å². The Morgan fingerprint density at radius 3 is 2.74 bits per heavy atom. The van der Waals surface area contributed by atoms with Crippen LogP contribution in [-0.2, 0) is 0 Å². The van der Waals surface area contributed by atoms with Crippen LogP contribution in [0.3, 0.4) is 0 Å². The summed E-state index contributed by atoms with van der Waals surface area (Å²) in [5.74, 6) is 1.15. The van der Waals surface area contributed by atoms with Crippen LogP contribution in [0, 0.1) is 5.92 Å². The molecule has 0 fully saturated rings. The van der Waals surface area contributed by atoms with Crippen molar-refractivity contribution in [3.05, 3.63) is 28.2 Å². The fraction of sp³-hybridized carbons (Fsp3) is 0.571. The molecule has 2 N–H and O–H groups in total. The molecular weight excluding hydrogens is 285 g/mol. The lowest BCUT2D eigenvalue weighted by molar-refractivity contribution is 0.106. The van der Waals surface area contributed by atoms with Crippen molar-refractivity contribution in [1.82, 2.24) is 5.32 Å². The second kappa shape index (κ2) is 8.64. The minimum atomic E-state index is -0.567. The lowest BCUT2D eigenvalue weighted by atomic mass is 10.1. The van der Waals surface area contributed by atoms with Crippen molar-refractivity contribution in [2.75, 3.05) is 19.7 Å². The van der Waals surface area contributed by atoms with Crippen LogP contribution in [0.5, 0.6) is 5.75 Å². The average Bonchev–Trinajstić information content (AvgIpc) is 2.35. The fourth-order valence-electron chi connectivity index (χ4n) is 1.49. The molecule has 0 amide bonds. The maximum Gasteiger partial charge on any atom is 0.139 e. The van der Waals surface area contributed by atoms with E-state index in [0.717, 1.165) is 13.0 Å². The van der Waals surface area contributed by atoms with Gasteiger partial charge in [0.15, 0.2) is 0 Å². The lowest BCUT2D eigenvalue weighted by Crippen LogP contribution is -2.32. The standard InChI is InChI=1S/C14H21Cl2NO2/c1-10(2)5-6-17-8-12(18)9-19-14-7-11(15)3-4-13(14)16/h3-4,7,10,12,17-18H,5-6,8-9H2,1-2H3. The average molecular weight is 306 g/mol. The van der Waals surface area contributed by atoms with Crippen molar-refractivity contribution in [1.29, 1.82) is 0 Å².